The molecular weight excluding hydrogens is 402 g/mol. The summed E-state index contributed by atoms with van der Waals surface area (Å²) < 4.78 is 16.0. The van der Waals surface area contributed by atoms with Gasteiger partial charge < -0.3 is 19.8 Å². The Balaban J connectivity index is 1.69. The molecule has 32 heavy (non-hydrogen) atoms. The zero-order valence-corrected chi connectivity index (χ0v) is 18.6. The Labute approximate surface area is 187 Å². The van der Waals surface area contributed by atoms with E-state index in [1.165, 1.54) is 0 Å². The van der Waals surface area contributed by atoms with Crippen LogP contribution in [0, 0.1) is 11.3 Å². The summed E-state index contributed by atoms with van der Waals surface area (Å²) in [6.07, 6.45) is 5.78. The standard InChI is InChI=1S/C25H27N5O2/c1-25(2,3)30-24-21(22(28-30)19-7-6-14-31-19)20(18(15-26)23(27)32-24)16-8-10-17(11-9-16)29-12-4-5-13-29/h4-5,8-13,19-20H,6-7,14,27H2,1-3H3. The van der Waals surface area contributed by atoms with Crippen molar-refractivity contribution in [2.75, 3.05) is 6.61 Å². The zero-order chi connectivity index (χ0) is 22.5. The monoisotopic (exact) mass is 429 g/mol. The second-order valence-corrected chi connectivity index (χ2v) is 9.30. The van der Waals surface area contributed by atoms with Gasteiger partial charge in [-0.05, 0) is 63.4 Å². The average Bonchev–Trinajstić information content (AvgIpc) is 3.52. The highest BCUT2D eigenvalue weighted by molar-refractivity contribution is 5.57. The van der Waals surface area contributed by atoms with E-state index in [4.69, 9.17) is 20.3 Å². The summed E-state index contributed by atoms with van der Waals surface area (Å²) in [5, 5.41) is 15.0. The van der Waals surface area contributed by atoms with E-state index < -0.39 is 0 Å². The highest BCUT2D eigenvalue weighted by Crippen LogP contribution is 2.48. The van der Waals surface area contributed by atoms with Crippen LogP contribution in [0.5, 0.6) is 5.88 Å². The smallest absolute Gasteiger partial charge is 0.224 e. The molecule has 7 nitrogen and oxygen atoms in total. The fraction of sp³-hybridized carbons (Fsp3) is 0.360. The van der Waals surface area contributed by atoms with Crippen LogP contribution in [-0.2, 0) is 10.3 Å². The van der Waals surface area contributed by atoms with E-state index in [2.05, 4.69) is 39.0 Å². The van der Waals surface area contributed by atoms with Crippen LogP contribution in [0.15, 0.2) is 60.2 Å². The van der Waals surface area contributed by atoms with Crippen LogP contribution in [0.2, 0.25) is 0 Å². The molecule has 2 N–H and O–H groups in total. The zero-order valence-electron chi connectivity index (χ0n) is 18.6. The number of hydrogen-bond acceptors (Lipinski definition) is 5. The molecule has 2 unspecified atom stereocenters. The molecular formula is C25H27N5O2. The Morgan fingerprint density at radius 1 is 1.16 bits per heavy atom. The van der Waals surface area contributed by atoms with Gasteiger partial charge in [0.1, 0.15) is 17.7 Å². The first-order chi connectivity index (χ1) is 15.4. The molecule has 0 saturated carbocycles. The first kappa shape index (κ1) is 20.4. The molecule has 0 radical (unpaired) electrons. The van der Waals surface area contributed by atoms with Gasteiger partial charge in [0.2, 0.25) is 11.8 Å². The summed E-state index contributed by atoms with van der Waals surface area (Å²) in [5.74, 6) is 0.362. The van der Waals surface area contributed by atoms with Gasteiger partial charge >= 0.3 is 0 Å². The average molecular weight is 430 g/mol. The predicted octanol–water partition coefficient (Wildman–Crippen LogP) is 4.50. The minimum atomic E-state index is -0.363. The van der Waals surface area contributed by atoms with Crippen molar-refractivity contribution in [3.8, 4) is 17.6 Å². The number of hydrogen-bond donors (Lipinski definition) is 1. The van der Waals surface area contributed by atoms with Gasteiger partial charge in [0.15, 0.2) is 0 Å². The van der Waals surface area contributed by atoms with Gasteiger partial charge in [0, 0.05) is 24.7 Å². The first-order valence-electron chi connectivity index (χ1n) is 10.9. The lowest BCUT2D eigenvalue weighted by atomic mass is 9.83. The van der Waals surface area contributed by atoms with Gasteiger partial charge in [0.25, 0.3) is 0 Å². The van der Waals surface area contributed by atoms with Crippen LogP contribution in [0.25, 0.3) is 5.69 Å². The maximum absolute atomic E-state index is 10.0. The van der Waals surface area contributed by atoms with Crippen molar-refractivity contribution in [2.45, 2.75) is 51.2 Å². The Morgan fingerprint density at radius 2 is 1.88 bits per heavy atom. The van der Waals surface area contributed by atoms with E-state index in [0.29, 0.717) is 18.1 Å². The molecule has 0 spiro atoms. The summed E-state index contributed by atoms with van der Waals surface area (Å²) in [6, 6.07) is 14.5. The first-order valence-corrected chi connectivity index (χ1v) is 10.9. The largest absolute Gasteiger partial charge is 0.422 e. The maximum Gasteiger partial charge on any atom is 0.224 e. The Morgan fingerprint density at radius 3 is 2.47 bits per heavy atom. The third-order valence-electron chi connectivity index (χ3n) is 6.08. The fourth-order valence-corrected chi connectivity index (χ4v) is 4.53. The van der Waals surface area contributed by atoms with Crippen LogP contribution in [-0.4, -0.2) is 21.0 Å². The van der Waals surface area contributed by atoms with Crippen LogP contribution < -0.4 is 10.5 Å². The lowest BCUT2D eigenvalue weighted by molar-refractivity contribution is 0.106. The number of aromatic nitrogens is 3. The number of fused-ring (bicyclic) bond motifs is 1. The lowest BCUT2D eigenvalue weighted by Gasteiger charge is -2.28. The van der Waals surface area contributed by atoms with Crippen molar-refractivity contribution in [3.63, 3.8) is 0 Å². The molecule has 0 amide bonds. The van der Waals surface area contributed by atoms with Gasteiger partial charge in [-0.2, -0.15) is 10.4 Å². The third-order valence-corrected chi connectivity index (χ3v) is 6.08. The molecule has 164 valence electrons. The SMILES string of the molecule is CC(C)(C)n1nc(C2CCCO2)c2c1OC(N)=C(C#N)C2c1ccc(-n2cccc2)cc1. The summed E-state index contributed by atoms with van der Waals surface area (Å²) >= 11 is 0. The minimum Gasteiger partial charge on any atom is -0.422 e. The van der Waals surface area contributed by atoms with Gasteiger partial charge in [-0.3, -0.25) is 0 Å². The summed E-state index contributed by atoms with van der Waals surface area (Å²) in [7, 11) is 0. The highest BCUT2D eigenvalue weighted by Gasteiger charge is 2.41. The maximum atomic E-state index is 10.0. The number of rotatable bonds is 3. The highest BCUT2D eigenvalue weighted by atomic mass is 16.5. The van der Waals surface area contributed by atoms with E-state index in [9.17, 15) is 5.26 Å². The Kier molecular flexibility index (Phi) is 4.83. The van der Waals surface area contributed by atoms with Crippen LogP contribution >= 0.6 is 0 Å². The number of nitrogens with zero attached hydrogens (tertiary/aromatic N) is 4. The van der Waals surface area contributed by atoms with Gasteiger partial charge in [-0.1, -0.05) is 12.1 Å². The molecule has 5 rings (SSSR count). The minimum absolute atomic E-state index is 0.114. The molecule has 1 saturated heterocycles. The molecule has 1 fully saturated rings. The van der Waals surface area contributed by atoms with Gasteiger partial charge in [-0.15, -0.1) is 0 Å². The van der Waals surface area contributed by atoms with Gasteiger partial charge in [0.05, 0.1) is 22.7 Å². The van der Waals surface area contributed by atoms with E-state index >= 15 is 0 Å². The Bertz CT molecular complexity index is 1200. The molecule has 1 aromatic carbocycles. The van der Waals surface area contributed by atoms with Crippen LogP contribution in [0.3, 0.4) is 0 Å². The normalized spacial score (nSPS) is 20.7. The van der Waals surface area contributed by atoms with E-state index in [-0.39, 0.29) is 23.4 Å². The number of benzene rings is 1. The molecule has 2 aliphatic rings. The lowest BCUT2D eigenvalue weighted by Crippen LogP contribution is -2.27. The van der Waals surface area contributed by atoms with Crippen molar-refractivity contribution in [1.82, 2.24) is 14.3 Å². The second-order valence-electron chi connectivity index (χ2n) is 9.30. The molecule has 0 aliphatic carbocycles. The molecule has 0 bridgehead atoms. The molecule has 2 aromatic heterocycles. The van der Waals surface area contributed by atoms with Crippen molar-refractivity contribution >= 4 is 0 Å². The van der Waals surface area contributed by atoms with Crippen molar-refractivity contribution < 1.29 is 9.47 Å². The molecule has 3 aromatic rings. The van der Waals surface area contributed by atoms with Crippen molar-refractivity contribution in [1.29, 1.82) is 5.26 Å². The molecule has 4 heterocycles. The Hall–Kier alpha value is -3.50. The topological polar surface area (TPSA) is 91.0 Å². The summed E-state index contributed by atoms with van der Waals surface area (Å²) in [5.41, 5.74) is 10.1. The predicted molar refractivity (Wildman–Crippen MR) is 120 cm³/mol. The van der Waals surface area contributed by atoms with Crippen LogP contribution in [0.4, 0.5) is 0 Å². The molecule has 2 atom stereocenters. The number of ether oxygens (including phenoxy) is 2. The number of allylic oxidation sites excluding steroid dienone is 1. The number of nitrogens with two attached hydrogens (primary N) is 1. The number of nitriles is 1. The van der Waals surface area contributed by atoms with E-state index in [1.54, 1.807) is 0 Å². The van der Waals surface area contributed by atoms with Gasteiger partial charge in [-0.25, -0.2) is 4.68 Å². The summed E-state index contributed by atoms with van der Waals surface area (Å²) in [4.78, 5) is 0. The second kappa shape index (κ2) is 7.57. The molecule has 2 aliphatic heterocycles. The van der Waals surface area contributed by atoms with E-state index in [0.717, 1.165) is 35.3 Å². The van der Waals surface area contributed by atoms with Crippen LogP contribution in [0.1, 0.15) is 62.5 Å². The van der Waals surface area contributed by atoms with Crippen molar-refractivity contribution in [2.24, 2.45) is 5.73 Å². The quantitative estimate of drug-likeness (QED) is 0.662. The summed E-state index contributed by atoms with van der Waals surface area (Å²) in [6.45, 7) is 6.93. The molecule has 7 heteroatoms. The van der Waals surface area contributed by atoms with E-state index in [1.807, 2.05) is 45.9 Å². The van der Waals surface area contributed by atoms with Crippen molar-refractivity contribution in [3.05, 3.63) is 77.1 Å². The third kappa shape index (κ3) is 3.28. The fourth-order valence-electron chi connectivity index (χ4n) is 4.53.